The molecule has 2 rings (SSSR count). The molecule has 1 aromatic carbocycles. The number of ketones is 1. The molecule has 0 atom stereocenters. The summed E-state index contributed by atoms with van der Waals surface area (Å²) in [4.78, 5) is 16.0. The van der Waals surface area contributed by atoms with E-state index in [1.807, 2.05) is 0 Å². The van der Waals surface area contributed by atoms with E-state index in [4.69, 9.17) is 11.6 Å². The molecule has 1 heterocycles. The minimum Gasteiger partial charge on any atom is -0.288 e. The third kappa shape index (κ3) is 2.15. The van der Waals surface area contributed by atoms with Gasteiger partial charge in [-0.05, 0) is 40.2 Å². The Balaban J connectivity index is 2.46. The first kappa shape index (κ1) is 11.3. The molecule has 0 fully saturated rings. The molecule has 4 heteroatoms. The van der Waals surface area contributed by atoms with Gasteiger partial charge < -0.3 is 0 Å². The summed E-state index contributed by atoms with van der Waals surface area (Å²) in [5.74, 6) is -0.126. The Hall–Kier alpha value is -1.19. The first-order valence-electron chi connectivity index (χ1n) is 4.59. The van der Waals surface area contributed by atoms with Gasteiger partial charge >= 0.3 is 0 Å². The Morgan fingerprint density at radius 3 is 2.75 bits per heavy atom. The summed E-state index contributed by atoms with van der Waals surface area (Å²) in [5, 5.41) is 0.427. The lowest BCUT2D eigenvalue weighted by molar-refractivity contribution is 0.103. The van der Waals surface area contributed by atoms with Crippen LogP contribution in [0.5, 0.6) is 0 Å². The van der Waals surface area contributed by atoms with Crippen LogP contribution in [-0.2, 0) is 0 Å². The van der Waals surface area contributed by atoms with Crippen molar-refractivity contribution in [1.82, 2.24) is 4.98 Å². The Morgan fingerprint density at radius 2 is 2.06 bits per heavy atom. The summed E-state index contributed by atoms with van der Waals surface area (Å²) >= 11 is 9.34. The number of carbonyl (C=O) groups excluding carboxylic acids is 1. The molecule has 0 saturated carbocycles. The van der Waals surface area contributed by atoms with Crippen molar-refractivity contribution in [3.05, 3.63) is 63.3 Å². The maximum atomic E-state index is 12.1. The van der Waals surface area contributed by atoms with Crippen LogP contribution in [0, 0.1) is 0 Å². The second-order valence-electron chi connectivity index (χ2n) is 3.17. The summed E-state index contributed by atoms with van der Waals surface area (Å²) in [6.45, 7) is 0. The monoisotopic (exact) mass is 295 g/mol. The van der Waals surface area contributed by atoms with E-state index >= 15 is 0 Å². The van der Waals surface area contributed by atoms with Crippen LogP contribution in [0.15, 0.2) is 47.2 Å². The lowest BCUT2D eigenvalue weighted by Crippen LogP contribution is -2.02. The SMILES string of the molecule is O=C(c1cccnc1)c1cccc(Br)c1Cl. The van der Waals surface area contributed by atoms with Gasteiger partial charge in [-0.1, -0.05) is 17.7 Å². The van der Waals surface area contributed by atoms with Gasteiger partial charge in [0.1, 0.15) is 0 Å². The minimum absolute atomic E-state index is 0.126. The lowest BCUT2D eigenvalue weighted by Gasteiger charge is -2.04. The van der Waals surface area contributed by atoms with E-state index < -0.39 is 0 Å². The number of carbonyl (C=O) groups is 1. The van der Waals surface area contributed by atoms with E-state index in [0.29, 0.717) is 20.6 Å². The van der Waals surface area contributed by atoms with Crippen molar-refractivity contribution in [2.75, 3.05) is 0 Å². The first-order chi connectivity index (χ1) is 7.70. The van der Waals surface area contributed by atoms with Crippen molar-refractivity contribution in [3.8, 4) is 0 Å². The summed E-state index contributed by atoms with van der Waals surface area (Å²) in [7, 11) is 0. The summed E-state index contributed by atoms with van der Waals surface area (Å²) in [5.41, 5.74) is 1.01. The zero-order valence-corrected chi connectivity index (χ0v) is 10.5. The van der Waals surface area contributed by atoms with E-state index in [1.165, 1.54) is 6.20 Å². The largest absolute Gasteiger partial charge is 0.288 e. The average Bonchev–Trinajstić information content (AvgIpc) is 2.33. The molecule has 0 N–H and O–H groups in total. The Bertz CT molecular complexity index is 528. The third-order valence-corrected chi connectivity index (χ3v) is 3.42. The number of hydrogen-bond acceptors (Lipinski definition) is 2. The van der Waals surface area contributed by atoms with E-state index in [2.05, 4.69) is 20.9 Å². The van der Waals surface area contributed by atoms with Crippen molar-refractivity contribution in [2.45, 2.75) is 0 Å². The van der Waals surface area contributed by atoms with Gasteiger partial charge in [0.2, 0.25) is 0 Å². The number of nitrogens with zero attached hydrogens (tertiary/aromatic N) is 1. The predicted octanol–water partition coefficient (Wildman–Crippen LogP) is 3.73. The fraction of sp³-hybridized carbons (Fsp3) is 0. The van der Waals surface area contributed by atoms with Crippen LogP contribution in [0.25, 0.3) is 0 Å². The fourth-order valence-corrected chi connectivity index (χ4v) is 1.91. The normalized spacial score (nSPS) is 10.1. The smallest absolute Gasteiger partial charge is 0.196 e. The van der Waals surface area contributed by atoms with Gasteiger partial charge in [0.15, 0.2) is 5.78 Å². The standard InChI is InChI=1S/C12H7BrClNO/c13-10-5-1-4-9(11(10)14)12(16)8-3-2-6-15-7-8/h1-7H. The highest BCUT2D eigenvalue weighted by Gasteiger charge is 2.14. The molecule has 80 valence electrons. The van der Waals surface area contributed by atoms with E-state index in [1.54, 1.807) is 36.5 Å². The van der Waals surface area contributed by atoms with Crippen LogP contribution in [0.2, 0.25) is 5.02 Å². The lowest BCUT2D eigenvalue weighted by atomic mass is 10.1. The Labute approximate surface area is 106 Å². The second-order valence-corrected chi connectivity index (χ2v) is 4.40. The molecule has 16 heavy (non-hydrogen) atoms. The molecule has 1 aromatic heterocycles. The van der Waals surface area contributed by atoms with Gasteiger partial charge in [-0.15, -0.1) is 0 Å². The maximum Gasteiger partial charge on any atom is 0.196 e. The van der Waals surface area contributed by atoms with Gasteiger partial charge in [0.25, 0.3) is 0 Å². The molecule has 2 aromatic rings. The zero-order chi connectivity index (χ0) is 11.5. The summed E-state index contributed by atoms with van der Waals surface area (Å²) in [6, 6.07) is 8.70. The molecule has 0 aliphatic carbocycles. The average molecular weight is 297 g/mol. The molecule has 0 spiro atoms. The van der Waals surface area contributed by atoms with Crippen LogP contribution < -0.4 is 0 Å². The molecule has 0 aliphatic heterocycles. The van der Waals surface area contributed by atoms with Crippen molar-refractivity contribution >= 4 is 33.3 Å². The van der Waals surface area contributed by atoms with E-state index in [0.717, 1.165) is 0 Å². The van der Waals surface area contributed by atoms with Crippen LogP contribution >= 0.6 is 27.5 Å². The Kier molecular flexibility index (Phi) is 3.36. The molecule has 0 aliphatic rings. The van der Waals surface area contributed by atoms with Gasteiger partial charge in [-0.3, -0.25) is 9.78 Å². The van der Waals surface area contributed by atoms with Gasteiger partial charge in [0, 0.05) is 28.0 Å². The molecule has 0 bridgehead atoms. The Morgan fingerprint density at radius 1 is 1.25 bits per heavy atom. The summed E-state index contributed by atoms with van der Waals surface area (Å²) < 4.78 is 0.712. The number of pyridine rings is 1. The minimum atomic E-state index is -0.126. The predicted molar refractivity (Wildman–Crippen MR) is 66.8 cm³/mol. The molecule has 2 nitrogen and oxygen atoms in total. The fourth-order valence-electron chi connectivity index (χ4n) is 1.33. The van der Waals surface area contributed by atoms with Gasteiger partial charge in [0.05, 0.1) is 5.02 Å². The third-order valence-electron chi connectivity index (χ3n) is 2.12. The molecular formula is C12H7BrClNO. The number of rotatable bonds is 2. The highest BCUT2D eigenvalue weighted by molar-refractivity contribution is 9.10. The number of halogens is 2. The van der Waals surface area contributed by atoms with Crippen molar-refractivity contribution in [3.63, 3.8) is 0 Å². The second kappa shape index (κ2) is 4.76. The van der Waals surface area contributed by atoms with Crippen LogP contribution in [-0.4, -0.2) is 10.8 Å². The highest BCUT2D eigenvalue weighted by Crippen LogP contribution is 2.27. The topological polar surface area (TPSA) is 30.0 Å². The maximum absolute atomic E-state index is 12.1. The molecular weight excluding hydrogens is 289 g/mol. The van der Waals surface area contributed by atoms with Gasteiger partial charge in [-0.2, -0.15) is 0 Å². The zero-order valence-electron chi connectivity index (χ0n) is 8.15. The quantitative estimate of drug-likeness (QED) is 0.790. The number of hydrogen-bond donors (Lipinski definition) is 0. The number of aromatic nitrogens is 1. The van der Waals surface area contributed by atoms with Crippen molar-refractivity contribution in [2.24, 2.45) is 0 Å². The van der Waals surface area contributed by atoms with Crippen LogP contribution in [0.3, 0.4) is 0 Å². The van der Waals surface area contributed by atoms with Crippen molar-refractivity contribution in [1.29, 1.82) is 0 Å². The van der Waals surface area contributed by atoms with Crippen LogP contribution in [0.4, 0.5) is 0 Å². The molecule has 0 amide bonds. The highest BCUT2D eigenvalue weighted by atomic mass is 79.9. The molecule has 0 saturated heterocycles. The van der Waals surface area contributed by atoms with Crippen LogP contribution in [0.1, 0.15) is 15.9 Å². The van der Waals surface area contributed by atoms with Crippen molar-refractivity contribution < 1.29 is 4.79 Å². The molecule has 0 radical (unpaired) electrons. The number of benzene rings is 1. The first-order valence-corrected chi connectivity index (χ1v) is 5.76. The molecule has 0 unspecified atom stereocenters. The van der Waals surface area contributed by atoms with E-state index in [9.17, 15) is 4.79 Å². The summed E-state index contributed by atoms with van der Waals surface area (Å²) in [6.07, 6.45) is 3.15. The van der Waals surface area contributed by atoms with E-state index in [-0.39, 0.29) is 5.78 Å². The van der Waals surface area contributed by atoms with Gasteiger partial charge in [-0.25, -0.2) is 0 Å².